The highest BCUT2D eigenvalue weighted by molar-refractivity contribution is 14.1. The molecule has 0 saturated heterocycles. The van der Waals surface area contributed by atoms with Gasteiger partial charge in [-0.3, -0.25) is 4.55 Å². The van der Waals surface area contributed by atoms with E-state index in [1.807, 2.05) is 13.8 Å². The lowest BCUT2D eigenvalue weighted by Gasteiger charge is -2.16. The van der Waals surface area contributed by atoms with Crippen molar-refractivity contribution in [1.29, 1.82) is 0 Å². The second-order valence-electron chi connectivity index (χ2n) is 3.71. The highest BCUT2D eigenvalue weighted by atomic mass is 127. The maximum Gasteiger partial charge on any atom is 0.298 e. The molecule has 0 unspecified atom stereocenters. The number of halogens is 1. The summed E-state index contributed by atoms with van der Waals surface area (Å²) in [7, 11) is -4.27. The molecule has 0 radical (unpaired) electrons. The van der Waals surface area contributed by atoms with Crippen molar-refractivity contribution in [2.75, 3.05) is 0 Å². The first-order chi connectivity index (χ1) is 7.21. The molecule has 0 fully saturated rings. The lowest BCUT2D eigenvalue weighted by Crippen LogP contribution is -2.07. The first kappa shape index (κ1) is 13.7. The van der Waals surface area contributed by atoms with Crippen LogP contribution in [0.3, 0.4) is 0 Å². The van der Waals surface area contributed by atoms with Crippen LogP contribution in [-0.2, 0) is 10.1 Å². The van der Waals surface area contributed by atoms with Crippen LogP contribution in [0.5, 0.6) is 5.75 Å². The minimum atomic E-state index is -4.27. The van der Waals surface area contributed by atoms with Gasteiger partial charge in [0, 0.05) is 0 Å². The van der Waals surface area contributed by atoms with Gasteiger partial charge in [-0.1, -0.05) is 0 Å². The number of benzene rings is 1. The summed E-state index contributed by atoms with van der Waals surface area (Å²) in [5, 5.41) is 0. The number of hydrogen-bond acceptors (Lipinski definition) is 3. The fraction of sp³-hybridized carbons (Fsp3) is 0.400. The lowest BCUT2D eigenvalue weighted by atomic mass is 9.99. The van der Waals surface area contributed by atoms with Crippen LogP contribution < -0.4 is 3.07 Å². The van der Waals surface area contributed by atoms with Gasteiger partial charge in [-0.15, -0.1) is 0 Å². The molecule has 1 rings (SSSR count). The normalized spacial score (nSPS) is 11.6. The summed E-state index contributed by atoms with van der Waals surface area (Å²) in [4.78, 5) is -0.137. The molecular weight excluding hydrogens is 343 g/mol. The molecule has 1 N–H and O–H groups in total. The van der Waals surface area contributed by atoms with Gasteiger partial charge in [0.25, 0.3) is 10.1 Å². The van der Waals surface area contributed by atoms with E-state index < -0.39 is 10.1 Å². The Hall–Kier alpha value is -0.340. The van der Waals surface area contributed by atoms with Gasteiger partial charge in [0.1, 0.15) is 4.90 Å². The van der Waals surface area contributed by atoms with Crippen LogP contribution in [0.1, 0.15) is 22.3 Å². The van der Waals surface area contributed by atoms with E-state index >= 15 is 0 Å². The van der Waals surface area contributed by atoms with E-state index in [-0.39, 0.29) is 10.6 Å². The Morgan fingerprint density at radius 3 is 1.81 bits per heavy atom. The van der Waals surface area contributed by atoms with Gasteiger partial charge in [-0.2, -0.15) is 8.42 Å². The van der Waals surface area contributed by atoms with Crippen LogP contribution in [0.15, 0.2) is 4.90 Å². The van der Waals surface area contributed by atoms with Crippen LogP contribution >= 0.6 is 23.0 Å². The van der Waals surface area contributed by atoms with Crippen molar-refractivity contribution in [3.8, 4) is 5.75 Å². The third kappa shape index (κ3) is 2.18. The average Bonchev–Trinajstić information content (AvgIpc) is 2.18. The third-order valence-corrected chi connectivity index (χ3v) is 4.36. The van der Waals surface area contributed by atoms with E-state index in [0.29, 0.717) is 5.56 Å². The summed E-state index contributed by atoms with van der Waals surface area (Å²) in [5.74, 6) is 0.212. The highest BCUT2D eigenvalue weighted by Crippen LogP contribution is 2.36. The van der Waals surface area contributed by atoms with Crippen molar-refractivity contribution in [2.24, 2.45) is 0 Å². The number of hydrogen-bond donors (Lipinski definition) is 1. The second kappa shape index (κ2) is 4.50. The van der Waals surface area contributed by atoms with E-state index in [1.54, 1.807) is 36.9 Å². The fourth-order valence-corrected chi connectivity index (χ4v) is 3.32. The van der Waals surface area contributed by atoms with Crippen LogP contribution in [0.25, 0.3) is 0 Å². The van der Waals surface area contributed by atoms with Crippen molar-refractivity contribution in [1.82, 2.24) is 0 Å². The third-order valence-electron chi connectivity index (χ3n) is 2.91. The standard InChI is InChI=1S/C10H13IO4S/c1-5-6(2)8(4)10(16(12,13)14)9(15-11)7(5)3/h1-4H3,(H,12,13,14). The van der Waals surface area contributed by atoms with Gasteiger partial charge in [0.15, 0.2) is 28.8 Å². The largest absolute Gasteiger partial charge is 0.426 e. The van der Waals surface area contributed by atoms with Crippen molar-refractivity contribution < 1.29 is 16.0 Å². The molecule has 0 aliphatic heterocycles. The van der Waals surface area contributed by atoms with E-state index in [1.165, 1.54) is 0 Å². The van der Waals surface area contributed by atoms with E-state index in [4.69, 9.17) is 3.07 Å². The predicted molar refractivity (Wildman–Crippen MR) is 69.9 cm³/mol. The van der Waals surface area contributed by atoms with Crippen LogP contribution in [-0.4, -0.2) is 13.0 Å². The average molecular weight is 356 g/mol. The van der Waals surface area contributed by atoms with E-state index in [9.17, 15) is 13.0 Å². The molecule has 0 saturated carbocycles. The molecule has 6 heteroatoms. The molecule has 0 aliphatic carbocycles. The quantitative estimate of drug-likeness (QED) is 0.654. The van der Waals surface area contributed by atoms with Crippen LogP contribution in [0.4, 0.5) is 0 Å². The van der Waals surface area contributed by atoms with Gasteiger partial charge in [-0.05, 0) is 49.9 Å². The summed E-state index contributed by atoms with van der Waals surface area (Å²) in [6.45, 7) is 7.14. The van der Waals surface area contributed by atoms with Crippen molar-refractivity contribution in [3.05, 3.63) is 22.3 Å². The summed E-state index contributed by atoms with van der Waals surface area (Å²) < 4.78 is 36.9. The van der Waals surface area contributed by atoms with Crippen molar-refractivity contribution >= 4 is 33.1 Å². The monoisotopic (exact) mass is 356 g/mol. The molecule has 1 aromatic rings. The maximum atomic E-state index is 11.3. The summed E-state index contributed by atoms with van der Waals surface area (Å²) >= 11 is 1.61. The molecule has 90 valence electrons. The van der Waals surface area contributed by atoms with Gasteiger partial charge in [-0.25, -0.2) is 0 Å². The predicted octanol–water partition coefficient (Wildman–Crippen LogP) is 2.90. The molecule has 0 atom stereocenters. The Morgan fingerprint density at radius 1 is 1.00 bits per heavy atom. The zero-order chi connectivity index (χ0) is 12.7. The molecule has 4 nitrogen and oxygen atoms in total. The Balaban J connectivity index is 3.87. The maximum absolute atomic E-state index is 11.3. The topological polar surface area (TPSA) is 63.6 Å². The minimum absolute atomic E-state index is 0.137. The zero-order valence-electron chi connectivity index (χ0n) is 9.46. The molecule has 0 heterocycles. The molecule has 1 aromatic carbocycles. The summed E-state index contributed by atoms with van der Waals surface area (Å²) in [6.07, 6.45) is 0. The van der Waals surface area contributed by atoms with E-state index in [2.05, 4.69) is 0 Å². The van der Waals surface area contributed by atoms with E-state index in [0.717, 1.165) is 16.7 Å². The molecule has 0 spiro atoms. The van der Waals surface area contributed by atoms with Crippen LogP contribution in [0, 0.1) is 27.7 Å². The Kier molecular flexibility index (Phi) is 3.86. The molecule has 0 bridgehead atoms. The van der Waals surface area contributed by atoms with Gasteiger partial charge in [0.2, 0.25) is 0 Å². The first-order valence-corrected chi connectivity index (χ1v) is 6.90. The highest BCUT2D eigenvalue weighted by Gasteiger charge is 2.25. The van der Waals surface area contributed by atoms with Gasteiger partial charge in [0.05, 0.1) is 0 Å². The summed E-state index contributed by atoms with van der Waals surface area (Å²) in [6, 6.07) is 0. The Bertz CT molecular complexity index is 534. The lowest BCUT2D eigenvalue weighted by molar-refractivity contribution is 0.478. The van der Waals surface area contributed by atoms with Gasteiger partial charge >= 0.3 is 0 Å². The number of rotatable bonds is 2. The first-order valence-electron chi connectivity index (χ1n) is 4.58. The molecule has 0 aromatic heterocycles. The van der Waals surface area contributed by atoms with Gasteiger partial charge < -0.3 is 3.07 Å². The summed E-state index contributed by atoms with van der Waals surface area (Å²) in [5.41, 5.74) is 3.07. The van der Waals surface area contributed by atoms with Crippen molar-refractivity contribution in [3.63, 3.8) is 0 Å². The zero-order valence-corrected chi connectivity index (χ0v) is 12.4. The Morgan fingerprint density at radius 2 is 1.44 bits per heavy atom. The van der Waals surface area contributed by atoms with Crippen molar-refractivity contribution in [2.45, 2.75) is 32.6 Å². The Labute approximate surface area is 109 Å². The smallest absolute Gasteiger partial charge is 0.298 e. The second-order valence-corrected chi connectivity index (χ2v) is 5.51. The minimum Gasteiger partial charge on any atom is -0.426 e. The SMILES string of the molecule is Cc1c(C)c(C)c(S(=O)(=O)O)c(OI)c1C. The fourth-order valence-electron chi connectivity index (χ4n) is 1.65. The molecule has 0 amide bonds. The molecule has 16 heavy (non-hydrogen) atoms. The molecule has 0 aliphatic rings. The molecular formula is C10H13IO4S. The van der Waals surface area contributed by atoms with Crippen LogP contribution in [0.2, 0.25) is 0 Å².